The van der Waals surface area contributed by atoms with Crippen LogP contribution >= 0.6 is 0 Å². The quantitative estimate of drug-likeness (QED) is 0.765. The first-order valence-electron chi connectivity index (χ1n) is 7.34. The Balaban J connectivity index is 1.55. The van der Waals surface area contributed by atoms with Crippen molar-refractivity contribution in [2.75, 3.05) is 0 Å². The summed E-state index contributed by atoms with van der Waals surface area (Å²) >= 11 is 0. The van der Waals surface area contributed by atoms with Gasteiger partial charge in [0.05, 0.1) is 0 Å². The average Bonchev–Trinajstić information content (AvgIpc) is 2.75. The van der Waals surface area contributed by atoms with Gasteiger partial charge in [-0.15, -0.1) is 0 Å². The first-order valence-corrected chi connectivity index (χ1v) is 7.34. The third kappa shape index (κ3) is 1.81. The third-order valence-corrected chi connectivity index (χ3v) is 6.03. The van der Waals surface area contributed by atoms with Crippen LogP contribution in [-0.2, 0) is 0 Å². The molecule has 16 heavy (non-hydrogen) atoms. The number of rotatable bonds is 4. The molecule has 1 heteroatoms. The van der Waals surface area contributed by atoms with Gasteiger partial charge in [-0.3, -0.25) is 0 Å². The Morgan fingerprint density at radius 1 is 1.12 bits per heavy atom. The van der Waals surface area contributed by atoms with Gasteiger partial charge >= 0.3 is 0 Å². The Morgan fingerprint density at radius 2 is 1.88 bits per heavy atom. The van der Waals surface area contributed by atoms with Crippen LogP contribution in [0.4, 0.5) is 0 Å². The fraction of sp³-hybridized carbons (Fsp3) is 1.00. The fourth-order valence-electron chi connectivity index (χ4n) is 4.26. The molecule has 0 saturated heterocycles. The molecule has 0 aliphatic heterocycles. The Labute approximate surface area is 100 Å². The van der Waals surface area contributed by atoms with E-state index in [4.69, 9.17) is 0 Å². The lowest BCUT2D eigenvalue weighted by Gasteiger charge is -2.33. The van der Waals surface area contributed by atoms with Crippen molar-refractivity contribution in [2.45, 2.75) is 71.4 Å². The molecule has 3 aliphatic carbocycles. The standard InChI is InChI=1S/C15H27N/c1-10(16-11(2)15(3)6-7-15)14-9-12-4-5-13(14)8-12/h10-14,16H,4-9H2,1-3H3. The highest BCUT2D eigenvalue weighted by Gasteiger charge is 2.45. The van der Waals surface area contributed by atoms with Crippen LogP contribution in [0.1, 0.15) is 59.3 Å². The van der Waals surface area contributed by atoms with E-state index < -0.39 is 0 Å². The lowest BCUT2D eigenvalue weighted by molar-refractivity contribution is 0.226. The van der Waals surface area contributed by atoms with Crippen LogP contribution in [0, 0.1) is 23.2 Å². The summed E-state index contributed by atoms with van der Waals surface area (Å²) in [6.07, 6.45) is 8.98. The van der Waals surface area contributed by atoms with Gasteiger partial charge in [0.25, 0.3) is 0 Å². The van der Waals surface area contributed by atoms with Gasteiger partial charge in [0.1, 0.15) is 0 Å². The van der Waals surface area contributed by atoms with E-state index in [9.17, 15) is 0 Å². The van der Waals surface area contributed by atoms with Crippen molar-refractivity contribution in [1.29, 1.82) is 0 Å². The molecule has 0 radical (unpaired) electrons. The Morgan fingerprint density at radius 3 is 2.38 bits per heavy atom. The van der Waals surface area contributed by atoms with E-state index in [0.717, 1.165) is 29.8 Å². The fourth-order valence-corrected chi connectivity index (χ4v) is 4.26. The predicted octanol–water partition coefficient (Wildman–Crippen LogP) is 3.59. The van der Waals surface area contributed by atoms with Crippen molar-refractivity contribution >= 4 is 0 Å². The average molecular weight is 221 g/mol. The van der Waals surface area contributed by atoms with E-state index >= 15 is 0 Å². The predicted molar refractivity (Wildman–Crippen MR) is 68.3 cm³/mol. The van der Waals surface area contributed by atoms with Crippen LogP contribution in [-0.4, -0.2) is 12.1 Å². The van der Waals surface area contributed by atoms with Crippen LogP contribution in [0.15, 0.2) is 0 Å². The van der Waals surface area contributed by atoms with Crippen molar-refractivity contribution < 1.29 is 0 Å². The van der Waals surface area contributed by atoms with Crippen molar-refractivity contribution in [1.82, 2.24) is 5.32 Å². The van der Waals surface area contributed by atoms with Gasteiger partial charge in [0, 0.05) is 12.1 Å². The van der Waals surface area contributed by atoms with E-state index in [2.05, 4.69) is 26.1 Å². The van der Waals surface area contributed by atoms with Crippen LogP contribution in [0.3, 0.4) is 0 Å². The molecule has 0 aromatic carbocycles. The Hall–Kier alpha value is -0.0400. The molecule has 0 aromatic rings. The zero-order valence-corrected chi connectivity index (χ0v) is 11.1. The largest absolute Gasteiger partial charge is 0.311 e. The van der Waals surface area contributed by atoms with Gasteiger partial charge in [0.15, 0.2) is 0 Å². The molecule has 1 N–H and O–H groups in total. The van der Waals surface area contributed by atoms with Gasteiger partial charge in [-0.2, -0.15) is 0 Å². The molecule has 92 valence electrons. The summed E-state index contributed by atoms with van der Waals surface area (Å²) in [7, 11) is 0. The van der Waals surface area contributed by atoms with E-state index in [-0.39, 0.29) is 0 Å². The number of hydrogen-bond donors (Lipinski definition) is 1. The first kappa shape index (κ1) is 11.1. The van der Waals surface area contributed by atoms with Crippen molar-refractivity contribution in [3.05, 3.63) is 0 Å². The van der Waals surface area contributed by atoms with Gasteiger partial charge in [-0.1, -0.05) is 13.3 Å². The maximum atomic E-state index is 3.91. The van der Waals surface area contributed by atoms with Crippen LogP contribution in [0.2, 0.25) is 0 Å². The molecular weight excluding hydrogens is 194 g/mol. The number of nitrogens with one attached hydrogen (secondary N) is 1. The van der Waals surface area contributed by atoms with Crippen molar-refractivity contribution in [3.8, 4) is 0 Å². The summed E-state index contributed by atoms with van der Waals surface area (Å²) < 4.78 is 0. The highest BCUT2D eigenvalue weighted by Crippen LogP contribution is 2.51. The Kier molecular flexibility index (Phi) is 2.58. The van der Waals surface area contributed by atoms with E-state index in [1.165, 1.54) is 32.1 Å². The Bertz CT molecular complexity index is 269. The second kappa shape index (κ2) is 3.73. The summed E-state index contributed by atoms with van der Waals surface area (Å²) in [4.78, 5) is 0. The molecule has 3 rings (SSSR count). The summed E-state index contributed by atoms with van der Waals surface area (Å²) in [6.45, 7) is 7.28. The smallest absolute Gasteiger partial charge is 0.00951 e. The van der Waals surface area contributed by atoms with Crippen LogP contribution in [0.25, 0.3) is 0 Å². The number of fused-ring (bicyclic) bond motifs is 2. The zero-order chi connectivity index (χ0) is 11.3. The molecule has 0 amide bonds. The van der Waals surface area contributed by atoms with Gasteiger partial charge in [-0.25, -0.2) is 0 Å². The van der Waals surface area contributed by atoms with E-state index in [0.29, 0.717) is 5.41 Å². The lowest BCUT2D eigenvalue weighted by Crippen LogP contribution is -2.44. The van der Waals surface area contributed by atoms with Crippen LogP contribution in [0.5, 0.6) is 0 Å². The second-order valence-electron chi connectivity index (χ2n) is 7.17. The molecule has 1 nitrogen and oxygen atoms in total. The van der Waals surface area contributed by atoms with Crippen LogP contribution < -0.4 is 5.32 Å². The minimum absolute atomic E-state index is 0.631. The molecule has 5 atom stereocenters. The molecule has 3 aliphatic rings. The zero-order valence-electron chi connectivity index (χ0n) is 11.1. The summed E-state index contributed by atoms with van der Waals surface area (Å²) in [5, 5.41) is 3.91. The molecule has 0 heterocycles. The van der Waals surface area contributed by atoms with Crippen molar-refractivity contribution in [2.24, 2.45) is 23.2 Å². The summed E-state index contributed by atoms with van der Waals surface area (Å²) in [6, 6.07) is 1.48. The minimum atomic E-state index is 0.631. The van der Waals surface area contributed by atoms with Gasteiger partial charge < -0.3 is 5.32 Å². The molecule has 0 spiro atoms. The number of hydrogen-bond acceptors (Lipinski definition) is 1. The van der Waals surface area contributed by atoms with Crippen molar-refractivity contribution in [3.63, 3.8) is 0 Å². The maximum absolute atomic E-state index is 3.91. The minimum Gasteiger partial charge on any atom is -0.311 e. The maximum Gasteiger partial charge on any atom is 0.00951 e. The topological polar surface area (TPSA) is 12.0 Å². The summed E-state index contributed by atoms with van der Waals surface area (Å²) in [5.74, 6) is 3.14. The highest BCUT2D eigenvalue weighted by molar-refractivity contribution is 5.00. The normalized spacial score (nSPS) is 43.3. The molecule has 5 unspecified atom stereocenters. The first-order chi connectivity index (χ1) is 7.58. The monoisotopic (exact) mass is 221 g/mol. The molecule has 2 bridgehead atoms. The lowest BCUT2D eigenvalue weighted by atomic mass is 9.83. The van der Waals surface area contributed by atoms with Gasteiger partial charge in [0.2, 0.25) is 0 Å². The molecular formula is C15H27N. The van der Waals surface area contributed by atoms with Gasteiger partial charge in [-0.05, 0) is 69.1 Å². The third-order valence-electron chi connectivity index (χ3n) is 6.03. The highest BCUT2D eigenvalue weighted by atomic mass is 15.0. The SMILES string of the molecule is CC(NC(C)C1(C)CC1)C1CC2CCC1C2. The second-order valence-corrected chi connectivity index (χ2v) is 7.17. The molecule has 3 fully saturated rings. The molecule has 0 aromatic heterocycles. The van der Waals surface area contributed by atoms with E-state index in [1.54, 1.807) is 6.42 Å². The molecule has 3 saturated carbocycles. The summed E-state index contributed by atoms with van der Waals surface area (Å²) in [5.41, 5.74) is 0.631. The van der Waals surface area contributed by atoms with E-state index in [1.807, 2.05) is 0 Å².